The van der Waals surface area contributed by atoms with Crippen LogP contribution in [-0.2, 0) is 25.5 Å². The van der Waals surface area contributed by atoms with Gasteiger partial charge in [0.2, 0.25) is 5.91 Å². The number of hydrogen-bond acceptors (Lipinski definition) is 6. The van der Waals surface area contributed by atoms with E-state index in [1.54, 1.807) is 6.07 Å². The highest BCUT2D eigenvalue weighted by molar-refractivity contribution is 5.99. The number of esters is 2. The molecule has 2 aromatic rings. The van der Waals surface area contributed by atoms with Gasteiger partial charge in [-0.2, -0.15) is 0 Å². The average molecular weight is 393 g/mol. The molecule has 0 unspecified atom stereocenters. The third kappa shape index (κ3) is 3.89. The Balaban J connectivity index is 1.46. The molecular formula is C22H19NO6. The number of fused-ring (bicyclic) bond motifs is 1. The smallest absolute Gasteiger partial charge is 0.339 e. The molecule has 0 N–H and O–H groups in total. The molecule has 2 amide bonds. The first-order valence-electron chi connectivity index (χ1n) is 9.42. The van der Waals surface area contributed by atoms with Crippen molar-refractivity contribution in [3.05, 3.63) is 70.8 Å². The fourth-order valence-electron chi connectivity index (χ4n) is 3.58. The van der Waals surface area contributed by atoms with E-state index in [4.69, 9.17) is 9.47 Å². The summed E-state index contributed by atoms with van der Waals surface area (Å²) in [4.78, 5) is 49.4. The summed E-state index contributed by atoms with van der Waals surface area (Å²) in [5, 5.41) is 0. The lowest BCUT2D eigenvalue weighted by molar-refractivity contribution is -0.143. The zero-order chi connectivity index (χ0) is 20.4. The second-order valence-electron chi connectivity index (χ2n) is 7.00. The fraction of sp³-hybridized carbons (Fsp3) is 0.273. The number of imide groups is 1. The first-order chi connectivity index (χ1) is 14.0. The topological polar surface area (TPSA) is 90.0 Å². The number of rotatable bonds is 4. The molecule has 7 nitrogen and oxygen atoms in total. The molecule has 0 aromatic heterocycles. The van der Waals surface area contributed by atoms with Crippen LogP contribution in [-0.4, -0.2) is 41.8 Å². The quantitative estimate of drug-likeness (QED) is 0.741. The summed E-state index contributed by atoms with van der Waals surface area (Å²) in [5.41, 5.74) is 2.21. The summed E-state index contributed by atoms with van der Waals surface area (Å²) < 4.78 is 10.6. The van der Waals surface area contributed by atoms with E-state index in [1.807, 2.05) is 30.3 Å². The molecule has 7 heteroatoms. The first-order valence-corrected chi connectivity index (χ1v) is 9.42. The monoisotopic (exact) mass is 393 g/mol. The van der Waals surface area contributed by atoms with E-state index in [-0.39, 0.29) is 11.5 Å². The van der Waals surface area contributed by atoms with Crippen LogP contribution >= 0.6 is 0 Å². The standard InChI is InChI=1S/C22H19NO6/c24-19-7-4-10-23(19)20(25)13-28-21(26)15-8-9-17-16(11-15)12-18(29-22(17)27)14-5-2-1-3-6-14/h1-3,5-6,8-9,11,18H,4,7,10,12-13H2/t18-/m1/s1. The van der Waals surface area contributed by atoms with E-state index < -0.39 is 30.6 Å². The van der Waals surface area contributed by atoms with Crippen molar-refractivity contribution in [2.75, 3.05) is 13.2 Å². The lowest BCUT2D eigenvalue weighted by Crippen LogP contribution is -2.35. The minimum Gasteiger partial charge on any atom is -0.454 e. The summed E-state index contributed by atoms with van der Waals surface area (Å²) in [7, 11) is 0. The number of carbonyl (C=O) groups excluding carboxylic acids is 4. The number of carbonyl (C=O) groups is 4. The van der Waals surface area contributed by atoms with Crippen molar-refractivity contribution in [3.8, 4) is 0 Å². The number of likely N-dealkylation sites (tertiary alicyclic amines) is 1. The largest absolute Gasteiger partial charge is 0.454 e. The van der Waals surface area contributed by atoms with E-state index in [0.29, 0.717) is 36.9 Å². The Kier molecular flexibility index (Phi) is 5.12. The Morgan fingerprint density at radius 1 is 1.10 bits per heavy atom. The summed E-state index contributed by atoms with van der Waals surface area (Å²) in [6.07, 6.45) is 0.976. The second kappa shape index (κ2) is 7.87. The van der Waals surface area contributed by atoms with Gasteiger partial charge in [0.15, 0.2) is 6.61 Å². The lowest BCUT2D eigenvalue weighted by Gasteiger charge is -2.25. The van der Waals surface area contributed by atoms with Crippen LogP contribution in [0.2, 0.25) is 0 Å². The van der Waals surface area contributed by atoms with Gasteiger partial charge in [-0.25, -0.2) is 9.59 Å². The highest BCUT2D eigenvalue weighted by Gasteiger charge is 2.29. The summed E-state index contributed by atoms with van der Waals surface area (Å²) in [5.74, 6) is -1.89. The molecular weight excluding hydrogens is 374 g/mol. The van der Waals surface area contributed by atoms with Gasteiger partial charge in [-0.05, 0) is 35.7 Å². The molecule has 0 bridgehead atoms. The Hall–Kier alpha value is -3.48. The molecule has 1 saturated heterocycles. The van der Waals surface area contributed by atoms with Crippen molar-refractivity contribution in [2.24, 2.45) is 0 Å². The third-order valence-electron chi connectivity index (χ3n) is 5.09. The van der Waals surface area contributed by atoms with E-state index in [9.17, 15) is 19.2 Å². The average Bonchev–Trinajstić information content (AvgIpc) is 3.18. The van der Waals surface area contributed by atoms with Crippen LogP contribution in [0.4, 0.5) is 0 Å². The number of cyclic esters (lactones) is 1. The van der Waals surface area contributed by atoms with Gasteiger partial charge >= 0.3 is 11.9 Å². The van der Waals surface area contributed by atoms with E-state index in [0.717, 1.165) is 10.5 Å². The van der Waals surface area contributed by atoms with Crippen molar-refractivity contribution < 1.29 is 28.7 Å². The number of ether oxygens (including phenoxy) is 2. The van der Waals surface area contributed by atoms with E-state index in [2.05, 4.69) is 0 Å². The molecule has 29 heavy (non-hydrogen) atoms. The minimum atomic E-state index is -0.678. The van der Waals surface area contributed by atoms with Crippen molar-refractivity contribution in [2.45, 2.75) is 25.4 Å². The molecule has 2 aromatic carbocycles. The molecule has 0 radical (unpaired) electrons. The molecule has 2 aliphatic heterocycles. The predicted octanol–water partition coefficient (Wildman–Crippen LogP) is 2.45. The van der Waals surface area contributed by atoms with Gasteiger partial charge in [0.1, 0.15) is 6.10 Å². The Labute approximate surface area is 167 Å². The van der Waals surface area contributed by atoms with Crippen LogP contribution in [0.3, 0.4) is 0 Å². The van der Waals surface area contributed by atoms with Crippen LogP contribution in [0.15, 0.2) is 48.5 Å². The van der Waals surface area contributed by atoms with Crippen LogP contribution < -0.4 is 0 Å². The zero-order valence-electron chi connectivity index (χ0n) is 15.6. The van der Waals surface area contributed by atoms with Gasteiger partial charge in [0.25, 0.3) is 5.91 Å². The van der Waals surface area contributed by atoms with Crippen LogP contribution in [0, 0.1) is 0 Å². The van der Waals surface area contributed by atoms with Gasteiger partial charge in [-0.3, -0.25) is 14.5 Å². The van der Waals surface area contributed by atoms with Gasteiger partial charge in [0, 0.05) is 19.4 Å². The number of nitrogens with zero attached hydrogens (tertiary/aromatic N) is 1. The van der Waals surface area contributed by atoms with Gasteiger partial charge < -0.3 is 9.47 Å². The van der Waals surface area contributed by atoms with Crippen LogP contribution in [0.25, 0.3) is 0 Å². The molecule has 1 atom stereocenters. The van der Waals surface area contributed by atoms with Crippen LogP contribution in [0.1, 0.15) is 50.8 Å². The fourth-order valence-corrected chi connectivity index (χ4v) is 3.58. The maximum atomic E-state index is 12.4. The van der Waals surface area contributed by atoms with Crippen LogP contribution in [0.5, 0.6) is 0 Å². The molecule has 0 aliphatic carbocycles. The lowest BCUT2D eigenvalue weighted by atomic mass is 9.93. The first kappa shape index (κ1) is 18.9. The number of hydrogen-bond donors (Lipinski definition) is 0. The van der Waals surface area contributed by atoms with Crippen molar-refractivity contribution in [1.29, 1.82) is 0 Å². The molecule has 2 heterocycles. The Morgan fingerprint density at radius 3 is 2.62 bits per heavy atom. The van der Waals surface area contributed by atoms with E-state index in [1.165, 1.54) is 12.1 Å². The normalized spacial score (nSPS) is 18.2. The molecule has 1 fully saturated rings. The SMILES string of the molecule is O=C(OCC(=O)N1CCCC1=O)c1ccc2c(c1)C[C@H](c1ccccc1)OC2=O. The molecule has 148 valence electrons. The molecule has 0 saturated carbocycles. The van der Waals surface area contributed by atoms with Gasteiger partial charge in [0.05, 0.1) is 11.1 Å². The van der Waals surface area contributed by atoms with Crippen molar-refractivity contribution in [3.63, 3.8) is 0 Å². The summed E-state index contributed by atoms with van der Waals surface area (Å²) in [6.45, 7) is -0.132. The predicted molar refractivity (Wildman–Crippen MR) is 101 cm³/mol. The van der Waals surface area contributed by atoms with Gasteiger partial charge in [-0.1, -0.05) is 30.3 Å². The van der Waals surface area contributed by atoms with Crippen molar-refractivity contribution in [1.82, 2.24) is 4.90 Å². The molecule has 4 rings (SSSR count). The van der Waals surface area contributed by atoms with Crippen molar-refractivity contribution >= 4 is 23.8 Å². The highest BCUT2D eigenvalue weighted by Crippen LogP contribution is 2.31. The molecule has 2 aliphatic rings. The second-order valence-corrected chi connectivity index (χ2v) is 7.00. The zero-order valence-corrected chi connectivity index (χ0v) is 15.6. The van der Waals surface area contributed by atoms with E-state index >= 15 is 0 Å². The maximum absolute atomic E-state index is 12.4. The molecule has 0 spiro atoms. The highest BCUT2D eigenvalue weighted by atomic mass is 16.5. The minimum absolute atomic E-state index is 0.241. The number of amides is 2. The van der Waals surface area contributed by atoms with Gasteiger partial charge in [-0.15, -0.1) is 0 Å². The third-order valence-corrected chi connectivity index (χ3v) is 5.09. The maximum Gasteiger partial charge on any atom is 0.339 e. The number of benzene rings is 2. The Bertz CT molecular complexity index is 984. The summed E-state index contributed by atoms with van der Waals surface area (Å²) in [6, 6.07) is 14.0. The summed E-state index contributed by atoms with van der Waals surface area (Å²) >= 11 is 0. The Morgan fingerprint density at radius 2 is 1.90 bits per heavy atom.